The number of carbonyl (C=O) groups is 1. The van der Waals surface area contributed by atoms with Crippen molar-refractivity contribution >= 4 is 57.0 Å². The van der Waals surface area contributed by atoms with Crippen LogP contribution in [0, 0.1) is 0 Å². The Kier molecular flexibility index (Phi) is 3.95. The quantitative estimate of drug-likeness (QED) is 0.551. The van der Waals surface area contributed by atoms with Crippen molar-refractivity contribution in [2.75, 3.05) is 4.90 Å². The maximum atomic E-state index is 12.7. The van der Waals surface area contributed by atoms with E-state index in [2.05, 4.69) is 9.97 Å². The Morgan fingerprint density at radius 1 is 1.12 bits per heavy atom. The molecule has 25 heavy (non-hydrogen) atoms. The number of nitrogens with zero attached hydrogens (tertiary/aromatic N) is 3. The van der Waals surface area contributed by atoms with E-state index in [1.54, 1.807) is 30.5 Å². The number of aromatic hydroxyl groups is 1. The van der Waals surface area contributed by atoms with Crippen molar-refractivity contribution < 1.29 is 9.90 Å². The van der Waals surface area contributed by atoms with Crippen molar-refractivity contribution in [3.05, 3.63) is 65.3 Å². The van der Waals surface area contributed by atoms with E-state index in [-0.39, 0.29) is 11.7 Å². The van der Waals surface area contributed by atoms with Gasteiger partial charge in [-0.3, -0.25) is 14.7 Å². The van der Waals surface area contributed by atoms with Crippen LogP contribution in [0.1, 0.15) is 5.69 Å². The molecule has 1 N–H and O–H groups in total. The average Bonchev–Trinajstić information content (AvgIpc) is 2.88. The van der Waals surface area contributed by atoms with Gasteiger partial charge in [-0.2, -0.15) is 0 Å². The standard InChI is InChI=1S/C18H11N3O2S2/c22-13-5-3-4-12(9-13)21-17(23)16(25-18(21)24)8-11-10-19-14-6-1-2-7-15(14)20-11/h1-10,22H/b16-8+. The normalized spacial score (nSPS) is 16.2. The van der Waals surface area contributed by atoms with Crippen molar-refractivity contribution in [3.63, 3.8) is 0 Å². The fraction of sp³-hybridized carbons (Fsp3) is 0. The maximum Gasteiger partial charge on any atom is 0.270 e. The second-order valence-corrected chi connectivity index (χ2v) is 7.00. The summed E-state index contributed by atoms with van der Waals surface area (Å²) < 4.78 is 0.413. The van der Waals surface area contributed by atoms with E-state index < -0.39 is 0 Å². The van der Waals surface area contributed by atoms with Crippen LogP contribution in [0.3, 0.4) is 0 Å². The van der Waals surface area contributed by atoms with E-state index in [4.69, 9.17) is 12.2 Å². The Hall–Kier alpha value is -2.77. The molecule has 0 spiro atoms. The largest absolute Gasteiger partial charge is 0.508 e. The SMILES string of the molecule is O=C1/C(=C\c2cnc3ccccc3n2)SC(=S)N1c1cccc(O)c1. The zero-order valence-electron chi connectivity index (χ0n) is 12.8. The molecule has 1 aliphatic rings. The van der Waals surface area contributed by atoms with Gasteiger partial charge in [0.05, 0.1) is 33.5 Å². The van der Waals surface area contributed by atoms with E-state index in [9.17, 15) is 9.90 Å². The number of thioether (sulfide) groups is 1. The molecule has 1 aliphatic heterocycles. The van der Waals surface area contributed by atoms with Crippen LogP contribution in [0.5, 0.6) is 5.75 Å². The second-order valence-electron chi connectivity index (χ2n) is 5.32. The van der Waals surface area contributed by atoms with Gasteiger partial charge in [-0.1, -0.05) is 42.2 Å². The van der Waals surface area contributed by atoms with E-state index in [1.807, 2.05) is 24.3 Å². The Labute approximate surface area is 153 Å². The van der Waals surface area contributed by atoms with Gasteiger partial charge in [0.2, 0.25) is 0 Å². The predicted octanol–water partition coefficient (Wildman–Crippen LogP) is 3.74. The summed E-state index contributed by atoms with van der Waals surface area (Å²) in [4.78, 5) is 23.4. The summed E-state index contributed by atoms with van der Waals surface area (Å²) in [5.74, 6) is -0.161. The third kappa shape index (κ3) is 2.99. The lowest BCUT2D eigenvalue weighted by Crippen LogP contribution is -2.27. The lowest BCUT2D eigenvalue weighted by molar-refractivity contribution is -0.113. The van der Waals surface area contributed by atoms with Crippen LogP contribution in [0.4, 0.5) is 5.69 Å². The number of aromatic nitrogens is 2. The lowest BCUT2D eigenvalue weighted by atomic mass is 10.2. The fourth-order valence-corrected chi connectivity index (χ4v) is 3.78. The molecule has 2 heterocycles. The molecular formula is C18H11N3O2S2. The summed E-state index contributed by atoms with van der Waals surface area (Å²) in [7, 11) is 0. The molecule has 7 heteroatoms. The minimum Gasteiger partial charge on any atom is -0.508 e. The summed E-state index contributed by atoms with van der Waals surface area (Å²) in [5.41, 5.74) is 2.69. The zero-order chi connectivity index (χ0) is 17.4. The molecule has 5 nitrogen and oxygen atoms in total. The first-order chi connectivity index (χ1) is 12.1. The lowest BCUT2D eigenvalue weighted by Gasteiger charge is -2.14. The number of anilines is 1. The second kappa shape index (κ2) is 6.27. The highest BCUT2D eigenvalue weighted by molar-refractivity contribution is 8.27. The van der Waals surface area contributed by atoms with Crippen LogP contribution in [-0.4, -0.2) is 25.3 Å². The van der Waals surface area contributed by atoms with Crippen molar-refractivity contribution in [1.82, 2.24) is 9.97 Å². The number of para-hydroxylation sites is 2. The molecule has 0 aliphatic carbocycles. The highest BCUT2D eigenvalue weighted by Crippen LogP contribution is 2.36. The predicted molar refractivity (Wildman–Crippen MR) is 103 cm³/mol. The first kappa shape index (κ1) is 15.7. The summed E-state index contributed by atoms with van der Waals surface area (Å²) in [6, 6.07) is 14.0. The van der Waals surface area contributed by atoms with E-state index in [1.165, 1.54) is 22.7 Å². The van der Waals surface area contributed by atoms with Gasteiger partial charge >= 0.3 is 0 Å². The number of rotatable bonds is 2. The number of amides is 1. The van der Waals surface area contributed by atoms with Gasteiger partial charge in [-0.25, -0.2) is 4.98 Å². The molecule has 0 radical (unpaired) electrons. The number of benzene rings is 2. The molecular weight excluding hydrogens is 354 g/mol. The molecule has 0 atom stereocenters. The summed E-state index contributed by atoms with van der Waals surface area (Å²) in [5, 5.41) is 9.63. The van der Waals surface area contributed by atoms with E-state index in [0.29, 0.717) is 20.6 Å². The molecule has 1 saturated heterocycles. The third-order valence-corrected chi connectivity index (χ3v) is 4.93. The summed E-state index contributed by atoms with van der Waals surface area (Å²) in [6.07, 6.45) is 3.31. The molecule has 1 aromatic heterocycles. The monoisotopic (exact) mass is 365 g/mol. The van der Waals surface area contributed by atoms with Crippen LogP contribution in [0.15, 0.2) is 59.6 Å². The van der Waals surface area contributed by atoms with Gasteiger partial charge in [0, 0.05) is 6.07 Å². The van der Waals surface area contributed by atoms with Crippen molar-refractivity contribution in [2.45, 2.75) is 0 Å². The number of hydrogen-bond acceptors (Lipinski definition) is 6. The van der Waals surface area contributed by atoms with E-state index >= 15 is 0 Å². The first-order valence-electron chi connectivity index (χ1n) is 7.40. The fourth-order valence-electron chi connectivity index (χ4n) is 2.50. The Morgan fingerprint density at radius 2 is 1.92 bits per heavy atom. The van der Waals surface area contributed by atoms with Crippen molar-refractivity contribution in [2.24, 2.45) is 0 Å². The van der Waals surface area contributed by atoms with Gasteiger partial charge in [-0.15, -0.1) is 0 Å². The molecule has 122 valence electrons. The van der Waals surface area contributed by atoms with Gasteiger partial charge in [0.25, 0.3) is 5.91 Å². The van der Waals surface area contributed by atoms with Gasteiger partial charge in [0.1, 0.15) is 5.75 Å². The average molecular weight is 365 g/mol. The number of phenols is 1. The smallest absolute Gasteiger partial charge is 0.270 e. The molecule has 3 aromatic rings. The molecule has 0 saturated carbocycles. The number of hydrogen-bond donors (Lipinski definition) is 1. The topological polar surface area (TPSA) is 66.3 Å². The first-order valence-corrected chi connectivity index (χ1v) is 8.63. The number of fused-ring (bicyclic) bond motifs is 1. The highest BCUT2D eigenvalue weighted by atomic mass is 32.2. The third-order valence-electron chi connectivity index (χ3n) is 3.63. The van der Waals surface area contributed by atoms with Gasteiger partial charge in [0.15, 0.2) is 4.32 Å². The maximum absolute atomic E-state index is 12.7. The minimum atomic E-state index is -0.240. The molecule has 2 aromatic carbocycles. The van der Waals surface area contributed by atoms with Gasteiger partial charge in [-0.05, 0) is 30.3 Å². The molecule has 1 amide bonds. The Morgan fingerprint density at radius 3 is 2.72 bits per heavy atom. The highest BCUT2D eigenvalue weighted by Gasteiger charge is 2.33. The zero-order valence-corrected chi connectivity index (χ0v) is 14.4. The number of phenolic OH excluding ortho intramolecular Hbond substituents is 1. The Bertz CT molecular complexity index is 1050. The van der Waals surface area contributed by atoms with Crippen molar-refractivity contribution in [1.29, 1.82) is 0 Å². The molecule has 0 bridgehead atoms. The summed E-state index contributed by atoms with van der Waals surface area (Å²) >= 11 is 6.52. The van der Waals surface area contributed by atoms with Crippen LogP contribution < -0.4 is 4.90 Å². The van der Waals surface area contributed by atoms with Crippen LogP contribution in [0.2, 0.25) is 0 Å². The number of carbonyl (C=O) groups excluding carboxylic acids is 1. The van der Waals surface area contributed by atoms with Crippen molar-refractivity contribution in [3.8, 4) is 5.75 Å². The van der Waals surface area contributed by atoms with Crippen LogP contribution in [0.25, 0.3) is 17.1 Å². The minimum absolute atomic E-state index is 0.0796. The molecule has 0 unspecified atom stereocenters. The van der Waals surface area contributed by atoms with E-state index in [0.717, 1.165) is 11.0 Å². The Balaban J connectivity index is 1.69. The molecule has 4 rings (SSSR count). The van der Waals surface area contributed by atoms with Gasteiger partial charge < -0.3 is 5.11 Å². The number of thiocarbonyl (C=S) groups is 1. The molecule has 1 fully saturated rings. The summed E-state index contributed by atoms with van der Waals surface area (Å²) in [6.45, 7) is 0. The van der Waals surface area contributed by atoms with Crippen LogP contribution >= 0.6 is 24.0 Å². The van der Waals surface area contributed by atoms with Crippen LogP contribution in [-0.2, 0) is 4.79 Å².